The second-order valence-electron chi connectivity index (χ2n) is 8.71. The van der Waals surface area contributed by atoms with Crippen LogP contribution in [0, 0.1) is 0 Å². The fraction of sp³-hybridized carbons (Fsp3) is 0.333. The van der Waals surface area contributed by atoms with Gasteiger partial charge in [-0.05, 0) is 49.7 Å². The predicted octanol–water partition coefficient (Wildman–Crippen LogP) is 4.39. The van der Waals surface area contributed by atoms with E-state index in [0.717, 1.165) is 23.5 Å². The number of amides is 2. The normalized spacial score (nSPS) is 14.5. The third-order valence-corrected chi connectivity index (χ3v) is 6.71. The Morgan fingerprint density at radius 2 is 1.63 bits per heavy atom. The predicted molar refractivity (Wildman–Crippen MR) is 139 cm³/mol. The molecule has 0 unspecified atom stereocenters. The largest absolute Gasteiger partial charge is 0.352 e. The molecule has 2 heterocycles. The number of nitrogens with zero attached hydrogens (tertiary/aromatic N) is 5. The van der Waals surface area contributed by atoms with E-state index >= 15 is 0 Å². The molecule has 1 fully saturated rings. The lowest BCUT2D eigenvalue weighted by molar-refractivity contribution is -0.132. The smallest absolute Gasteiger partial charge is 0.254 e. The number of rotatable bonds is 7. The van der Waals surface area contributed by atoms with Crippen molar-refractivity contribution in [1.29, 1.82) is 0 Å². The maximum atomic E-state index is 13.1. The highest BCUT2D eigenvalue weighted by molar-refractivity contribution is 6.30. The molecule has 2 aromatic carbocycles. The fourth-order valence-electron chi connectivity index (χ4n) is 4.09. The van der Waals surface area contributed by atoms with Crippen LogP contribution >= 0.6 is 11.6 Å². The minimum atomic E-state index is -0.156. The molecule has 0 spiro atoms. The molecule has 1 aromatic heterocycles. The minimum absolute atomic E-state index is 0.0437. The average Bonchev–Trinajstić information content (AvgIpc) is 2.92. The third-order valence-electron chi connectivity index (χ3n) is 6.46. The zero-order chi connectivity index (χ0) is 24.8. The van der Waals surface area contributed by atoms with E-state index in [-0.39, 0.29) is 24.4 Å². The highest BCUT2D eigenvalue weighted by Crippen LogP contribution is 2.20. The van der Waals surface area contributed by atoms with Gasteiger partial charge in [-0.15, -0.1) is 10.2 Å². The van der Waals surface area contributed by atoms with Crippen molar-refractivity contribution >= 4 is 29.2 Å². The molecule has 1 atom stereocenters. The van der Waals surface area contributed by atoms with Crippen molar-refractivity contribution in [3.63, 3.8) is 0 Å². The Balaban J connectivity index is 1.36. The molecule has 0 aliphatic carbocycles. The van der Waals surface area contributed by atoms with Crippen molar-refractivity contribution < 1.29 is 9.59 Å². The Labute approximate surface area is 211 Å². The summed E-state index contributed by atoms with van der Waals surface area (Å²) in [7, 11) is 0. The molecule has 35 heavy (non-hydrogen) atoms. The van der Waals surface area contributed by atoms with Gasteiger partial charge in [-0.25, -0.2) is 0 Å². The number of hydrogen-bond donors (Lipinski definition) is 0. The summed E-state index contributed by atoms with van der Waals surface area (Å²) in [4.78, 5) is 31.9. The van der Waals surface area contributed by atoms with E-state index in [2.05, 4.69) is 15.1 Å². The Hall–Kier alpha value is -3.45. The first-order valence-electron chi connectivity index (χ1n) is 11.9. The molecule has 182 valence electrons. The standard InChI is InChI=1S/C27H30ClN5O2/c1-3-20(2)33(27(35)22-9-11-23(28)12-10-22)19-26(34)32-17-15-31(16-18-32)25-14-13-24(29-30-25)21-7-5-4-6-8-21/h4-14,20H,3,15-19H2,1-2H3/t20-/m0/s1. The van der Waals surface area contributed by atoms with E-state index in [9.17, 15) is 9.59 Å². The quantitative estimate of drug-likeness (QED) is 0.490. The minimum Gasteiger partial charge on any atom is -0.352 e. The van der Waals surface area contributed by atoms with Crippen LogP contribution < -0.4 is 4.90 Å². The van der Waals surface area contributed by atoms with E-state index in [1.54, 1.807) is 29.2 Å². The zero-order valence-corrected chi connectivity index (χ0v) is 20.9. The van der Waals surface area contributed by atoms with E-state index < -0.39 is 0 Å². The lowest BCUT2D eigenvalue weighted by Crippen LogP contribution is -2.53. The zero-order valence-electron chi connectivity index (χ0n) is 20.1. The van der Waals surface area contributed by atoms with Crippen LogP contribution in [-0.2, 0) is 4.79 Å². The van der Waals surface area contributed by atoms with Crippen molar-refractivity contribution in [2.24, 2.45) is 0 Å². The van der Waals surface area contributed by atoms with Crippen LogP contribution in [0.25, 0.3) is 11.3 Å². The van der Waals surface area contributed by atoms with Gasteiger partial charge in [0.15, 0.2) is 5.82 Å². The molecule has 4 rings (SSSR count). The summed E-state index contributed by atoms with van der Waals surface area (Å²) in [5.74, 6) is 0.602. The van der Waals surface area contributed by atoms with E-state index in [1.165, 1.54) is 0 Å². The number of hydrogen-bond acceptors (Lipinski definition) is 5. The maximum absolute atomic E-state index is 13.1. The van der Waals surface area contributed by atoms with Crippen LogP contribution in [0.3, 0.4) is 0 Å². The molecule has 8 heteroatoms. The summed E-state index contributed by atoms with van der Waals surface area (Å²) in [5, 5.41) is 9.35. The Morgan fingerprint density at radius 3 is 2.23 bits per heavy atom. The lowest BCUT2D eigenvalue weighted by atomic mass is 10.1. The summed E-state index contributed by atoms with van der Waals surface area (Å²) in [6.07, 6.45) is 0.762. The fourth-order valence-corrected chi connectivity index (χ4v) is 4.22. The summed E-state index contributed by atoms with van der Waals surface area (Å²) >= 11 is 5.97. The molecule has 0 bridgehead atoms. The van der Waals surface area contributed by atoms with Gasteiger partial charge in [0.1, 0.15) is 6.54 Å². The topological polar surface area (TPSA) is 69.6 Å². The number of benzene rings is 2. The van der Waals surface area contributed by atoms with Crippen LogP contribution in [0.1, 0.15) is 30.6 Å². The Bertz CT molecular complexity index is 1130. The number of aromatic nitrogens is 2. The van der Waals surface area contributed by atoms with E-state index in [1.807, 2.05) is 61.2 Å². The van der Waals surface area contributed by atoms with Crippen LogP contribution in [0.4, 0.5) is 5.82 Å². The third kappa shape index (κ3) is 5.98. The number of carbonyl (C=O) groups excluding carboxylic acids is 2. The van der Waals surface area contributed by atoms with Crippen LogP contribution in [0.5, 0.6) is 0 Å². The molecule has 7 nitrogen and oxygen atoms in total. The van der Waals surface area contributed by atoms with Crippen LogP contribution in [-0.4, -0.2) is 70.6 Å². The second kappa shape index (κ2) is 11.3. The number of piperazine rings is 1. The van der Waals surface area contributed by atoms with Gasteiger partial charge in [0.05, 0.1) is 5.69 Å². The SMILES string of the molecule is CC[C@H](C)N(CC(=O)N1CCN(c2ccc(-c3ccccc3)nn2)CC1)C(=O)c1ccc(Cl)cc1. The molecule has 1 aliphatic rings. The van der Waals surface area contributed by atoms with Gasteiger partial charge in [0.25, 0.3) is 5.91 Å². The highest BCUT2D eigenvalue weighted by atomic mass is 35.5. The van der Waals surface area contributed by atoms with Gasteiger partial charge in [-0.3, -0.25) is 9.59 Å². The summed E-state index contributed by atoms with van der Waals surface area (Å²) in [5.41, 5.74) is 2.39. The Kier molecular flexibility index (Phi) is 7.98. The van der Waals surface area contributed by atoms with Gasteiger partial charge in [-0.1, -0.05) is 48.9 Å². The summed E-state index contributed by atoms with van der Waals surface area (Å²) < 4.78 is 0. The van der Waals surface area contributed by atoms with Crippen LogP contribution in [0.2, 0.25) is 5.02 Å². The summed E-state index contributed by atoms with van der Waals surface area (Å²) in [6.45, 7) is 6.52. The molecule has 1 aliphatic heterocycles. The monoisotopic (exact) mass is 491 g/mol. The first kappa shape index (κ1) is 24.7. The van der Waals surface area contributed by atoms with Crippen molar-refractivity contribution in [3.8, 4) is 11.3 Å². The van der Waals surface area contributed by atoms with Crippen LogP contribution in [0.15, 0.2) is 66.7 Å². The number of carbonyl (C=O) groups is 2. The molecule has 2 amide bonds. The van der Waals surface area contributed by atoms with Crippen molar-refractivity contribution in [2.75, 3.05) is 37.6 Å². The molecule has 0 radical (unpaired) electrons. The maximum Gasteiger partial charge on any atom is 0.254 e. The van der Waals surface area contributed by atoms with E-state index in [4.69, 9.17) is 11.6 Å². The van der Waals surface area contributed by atoms with Crippen molar-refractivity contribution in [3.05, 3.63) is 77.3 Å². The molecular formula is C27H30ClN5O2. The van der Waals surface area contributed by atoms with Gasteiger partial charge in [0, 0.05) is 48.4 Å². The number of anilines is 1. The number of halogens is 1. The first-order chi connectivity index (χ1) is 17.0. The molecule has 1 saturated heterocycles. The molecular weight excluding hydrogens is 462 g/mol. The molecule has 0 N–H and O–H groups in total. The summed E-state index contributed by atoms with van der Waals surface area (Å²) in [6, 6.07) is 20.6. The average molecular weight is 492 g/mol. The Morgan fingerprint density at radius 1 is 0.943 bits per heavy atom. The first-order valence-corrected chi connectivity index (χ1v) is 12.3. The van der Waals surface area contributed by atoms with Crippen molar-refractivity contribution in [1.82, 2.24) is 20.0 Å². The molecule has 3 aromatic rings. The lowest BCUT2D eigenvalue weighted by Gasteiger charge is -2.37. The highest BCUT2D eigenvalue weighted by Gasteiger charge is 2.28. The second-order valence-corrected chi connectivity index (χ2v) is 9.14. The van der Waals surface area contributed by atoms with E-state index in [0.29, 0.717) is 36.8 Å². The van der Waals surface area contributed by atoms with Gasteiger partial charge in [0.2, 0.25) is 5.91 Å². The van der Waals surface area contributed by atoms with Gasteiger partial charge < -0.3 is 14.7 Å². The van der Waals surface area contributed by atoms with Crippen molar-refractivity contribution in [2.45, 2.75) is 26.3 Å². The van der Waals surface area contributed by atoms with Gasteiger partial charge >= 0.3 is 0 Å². The van der Waals surface area contributed by atoms with Gasteiger partial charge in [-0.2, -0.15) is 0 Å². The molecule has 0 saturated carbocycles.